The summed E-state index contributed by atoms with van der Waals surface area (Å²) in [5.41, 5.74) is -0.892. The van der Waals surface area contributed by atoms with Crippen LogP contribution in [0.1, 0.15) is 131 Å². The van der Waals surface area contributed by atoms with Crippen LogP contribution in [0.5, 0.6) is 0 Å². The van der Waals surface area contributed by atoms with Gasteiger partial charge in [-0.3, -0.25) is 19.2 Å². The van der Waals surface area contributed by atoms with Gasteiger partial charge in [-0.2, -0.15) is 0 Å². The summed E-state index contributed by atoms with van der Waals surface area (Å²) in [5.74, 6) is -2.25. The first kappa shape index (κ1) is 42.1. The summed E-state index contributed by atoms with van der Waals surface area (Å²) in [7, 11) is -3.57. The summed E-state index contributed by atoms with van der Waals surface area (Å²) in [4.78, 5) is 72.0. The quantitative estimate of drug-likeness (QED) is 0.188. The second kappa shape index (κ2) is 16.0. The molecule has 1 aromatic rings. The van der Waals surface area contributed by atoms with E-state index in [1.807, 2.05) is 37.3 Å². The van der Waals surface area contributed by atoms with Crippen LogP contribution in [0.2, 0.25) is 0 Å². The van der Waals surface area contributed by atoms with Crippen LogP contribution in [0.4, 0.5) is 4.79 Å². The Morgan fingerprint density at radius 1 is 0.857 bits per heavy atom. The van der Waals surface area contributed by atoms with Gasteiger partial charge < -0.3 is 26.2 Å². The van der Waals surface area contributed by atoms with E-state index in [-0.39, 0.29) is 41.4 Å². The van der Waals surface area contributed by atoms with Gasteiger partial charge in [-0.05, 0) is 87.0 Å². The zero-order valence-electron chi connectivity index (χ0n) is 34.4. The van der Waals surface area contributed by atoms with Crippen LogP contribution in [-0.2, 0) is 35.6 Å². The van der Waals surface area contributed by atoms with Gasteiger partial charge in [0.2, 0.25) is 17.6 Å². The fraction of sp³-hybridized carbons (Fsp3) is 0.744. The van der Waals surface area contributed by atoms with Gasteiger partial charge in [0.1, 0.15) is 12.1 Å². The van der Waals surface area contributed by atoms with Crippen molar-refractivity contribution in [1.82, 2.24) is 26.2 Å². The average molecular weight is 796 g/mol. The van der Waals surface area contributed by atoms with Gasteiger partial charge in [0.05, 0.1) is 22.1 Å². The van der Waals surface area contributed by atoms with Crippen LogP contribution in [0.25, 0.3) is 0 Å². The molecule has 0 radical (unpaired) electrons. The number of Topliss-reactive ketones (excluding diaryl/α,β-unsaturated/α-hetero) is 1. The highest BCUT2D eigenvalue weighted by Crippen LogP contribution is 2.65. The molecular weight excluding hydrogens is 731 g/mol. The van der Waals surface area contributed by atoms with E-state index < -0.39 is 67.3 Å². The van der Waals surface area contributed by atoms with Gasteiger partial charge in [0.15, 0.2) is 9.84 Å². The smallest absolute Gasteiger partial charge is 0.315 e. The zero-order valence-corrected chi connectivity index (χ0v) is 35.2. The number of hydrogen-bond acceptors (Lipinski definition) is 7. The maximum atomic E-state index is 15.0. The molecule has 1 unspecified atom stereocenters. The van der Waals surface area contributed by atoms with Crippen molar-refractivity contribution in [2.24, 2.45) is 28.6 Å². The maximum absolute atomic E-state index is 15.0. The van der Waals surface area contributed by atoms with Gasteiger partial charge in [0, 0.05) is 13.1 Å². The van der Waals surface area contributed by atoms with Crippen LogP contribution in [-0.4, -0.2) is 83.6 Å². The summed E-state index contributed by atoms with van der Waals surface area (Å²) in [6.07, 6.45) is 10.1. The number of fused-ring (bicyclic) bond motifs is 1. The van der Waals surface area contributed by atoms with Crippen molar-refractivity contribution in [1.29, 1.82) is 0 Å². The van der Waals surface area contributed by atoms with Crippen molar-refractivity contribution in [2.75, 3.05) is 12.3 Å². The van der Waals surface area contributed by atoms with Gasteiger partial charge in [-0.1, -0.05) is 102 Å². The number of amides is 5. The first-order valence-electron chi connectivity index (χ1n) is 21.0. The lowest BCUT2D eigenvalue weighted by molar-refractivity contribution is -0.146. The van der Waals surface area contributed by atoms with Crippen molar-refractivity contribution in [3.8, 4) is 0 Å². The Labute approximate surface area is 333 Å². The van der Waals surface area contributed by atoms with Gasteiger partial charge >= 0.3 is 6.03 Å². The zero-order chi connectivity index (χ0) is 40.7. The topological polar surface area (TPSA) is 171 Å². The third-order valence-electron chi connectivity index (χ3n) is 14.0. The molecule has 310 valence electrons. The molecule has 5 amide bonds. The number of benzene rings is 1. The standard InChI is InChI=1S/C43H65N5O7S/c1-40(2,3)56(54,55)27-43(22-14-9-15-23-43)47-39(53)46-35(42(6)20-12-8-13-21-42)38(52)48-26-30-32(41(30,4)5)33(48)36(50)45-31(24-28-18-19-28)34(49)37(51)44-25-29-16-10-7-11-17-29/h7,10-11,16-17,28,30-33,35H,8-9,12-15,18-27H2,1-6H3,(H,44,51)(H,45,50)(H2,46,47,53)/t30-,31?,32-,33-,35+/m0/s1. The number of likely N-dealkylation sites (tertiary alicyclic amines) is 1. The molecule has 1 heterocycles. The molecule has 4 aliphatic carbocycles. The average Bonchev–Trinajstić information content (AvgIpc) is 4.00. The highest BCUT2D eigenvalue weighted by atomic mass is 32.2. The van der Waals surface area contributed by atoms with Crippen LogP contribution < -0.4 is 21.3 Å². The monoisotopic (exact) mass is 795 g/mol. The Morgan fingerprint density at radius 3 is 2.05 bits per heavy atom. The highest BCUT2D eigenvalue weighted by molar-refractivity contribution is 7.92. The van der Waals surface area contributed by atoms with E-state index in [9.17, 15) is 27.6 Å². The molecule has 4 saturated carbocycles. The number of carbonyl (C=O) groups is 5. The number of ketones is 1. The molecule has 4 N–H and O–H groups in total. The van der Waals surface area contributed by atoms with Gasteiger partial charge in [-0.25, -0.2) is 13.2 Å². The molecule has 13 heteroatoms. The van der Waals surface area contributed by atoms with Crippen molar-refractivity contribution in [2.45, 2.75) is 160 Å². The Bertz CT molecular complexity index is 1760. The molecule has 0 spiro atoms. The number of nitrogens with zero attached hydrogens (tertiary/aromatic N) is 1. The van der Waals surface area contributed by atoms with Gasteiger partial charge in [0.25, 0.3) is 5.91 Å². The first-order chi connectivity index (χ1) is 26.3. The Balaban J connectivity index is 1.22. The molecule has 56 heavy (non-hydrogen) atoms. The molecule has 5 aliphatic rings. The predicted molar refractivity (Wildman–Crippen MR) is 215 cm³/mol. The fourth-order valence-corrected chi connectivity index (χ4v) is 11.4. The molecule has 1 saturated heterocycles. The van der Waals surface area contributed by atoms with Crippen LogP contribution >= 0.6 is 0 Å². The Morgan fingerprint density at radius 2 is 1.46 bits per heavy atom. The summed E-state index contributed by atoms with van der Waals surface area (Å²) in [6, 6.07) is 5.90. The van der Waals surface area contributed by atoms with E-state index in [2.05, 4.69) is 35.1 Å². The number of carbonyl (C=O) groups excluding carboxylic acids is 5. The summed E-state index contributed by atoms with van der Waals surface area (Å²) in [6.45, 7) is 11.8. The number of urea groups is 1. The van der Waals surface area contributed by atoms with Crippen LogP contribution in [0.15, 0.2) is 30.3 Å². The number of piperidine rings is 1. The second-order valence-corrected chi connectivity index (χ2v) is 22.4. The number of hydrogen-bond donors (Lipinski definition) is 4. The molecule has 5 fully saturated rings. The normalized spacial score (nSPS) is 26.2. The minimum absolute atomic E-state index is 0.0655. The summed E-state index contributed by atoms with van der Waals surface area (Å²) < 4.78 is 26.0. The number of nitrogens with one attached hydrogen (secondary N) is 4. The third kappa shape index (κ3) is 9.12. The summed E-state index contributed by atoms with van der Waals surface area (Å²) in [5, 5.41) is 11.8. The SMILES string of the molecule is CC1([C@H](NC(=O)NC2(CS(=O)(=O)C(C)(C)C)CCCCC2)C(=O)N2C[C@H]3[C@@H]([C@H]2C(=O)NC(CC2CC2)C(=O)C(=O)NCc2ccccc2)C3(C)C)CCCCC1. The van der Waals surface area contributed by atoms with E-state index in [0.29, 0.717) is 38.6 Å². The Kier molecular flexibility index (Phi) is 12.1. The lowest BCUT2D eigenvalue weighted by Crippen LogP contribution is -2.65. The fourth-order valence-electron chi connectivity index (χ4n) is 9.88. The molecular formula is C43H65N5O7S. The van der Waals surface area contributed by atoms with E-state index in [0.717, 1.165) is 56.9 Å². The molecule has 5 atom stereocenters. The van der Waals surface area contributed by atoms with E-state index in [1.165, 1.54) is 0 Å². The van der Waals surface area contributed by atoms with Crippen molar-refractivity contribution < 1.29 is 32.4 Å². The van der Waals surface area contributed by atoms with Crippen molar-refractivity contribution >= 4 is 39.4 Å². The van der Waals surface area contributed by atoms with E-state index >= 15 is 4.79 Å². The molecule has 1 aromatic carbocycles. The number of rotatable bonds is 14. The minimum atomic E-state index is -3.57. The molecule has 0 aromatic heterocycles. The van der Waals surface area contributed by atoms with Crippen LogP contribution in [0, 0.1) is 28.6 Å². The summed E-state index contributed by atoms with van der Waals surface area (Å²) >= 11 is 0. The van der Waals surface area contributed by atoms with Crippen molar-refractivity contribution in [3.63, 3.8) is 0 Å². The first-order valence-corrected chi connectivity index (χ1v) is 22.7. The second-order valence-electron chi connectivity index (χ2n) is 19.6. The Hall–Kier alpha value is -3.48. The number of sulfone groups is 1. The largest absolute Gasteiger partial charge is 0.345 e. The van der Waals surface area contributed by atoms with Gasteiger partial charge in [-0.15, -0.1) is 0 Å². The maximum Gasteiger partial charge on any atom is 0.315 e. The molecule has 12 nitrogen and oxygen atoms in total. The lowest BCUT2D eigenvalue weighted by Gasteiger charge is -2.44. The molecule has 6 rings (SSSR count). The third-order valence-corrected chi connectivity index (χ3v) is 16.8. The van der Waals surface area contributed by atoms with E-state index in [4.69, 9.17) is 0 Å². The minimum Gasteiger partial charge on any atom is -0.345 e. The lowest BCUT2D eigenvalue weighted by atomic mass is 9.70. The van der Waals surface area contributed by atoms with E-state index in [1.54, 1.807) is 25.7 Å². The predicted octanol–water partition coefficient (Wildman–Crippen LogP) is 5.19. The van der Waals surface area contributed by atoms with Crippen molar-refractivity contribution in [3.05, 3.63) is 35.9 Å². The molecule has 1 aliphatic heterocycles. The van der Waals surface area contributed by atoms with Crippen LogP contribution in [0.3, 0.4) is 0 Å². The highest BCUT2D eigenvalue weighted by Gasteiger charge is 2.70. The molecule has 0 bridgehead atoms.